The van der Waals surface area contributed by atoms with Crippen LogP contribution in [0.1, 0.15) is 15.9 Å². The minimum absolute atomic E-state index is 0.363. The summed E-state index contributed by atoms with van der Waals surface area (Å²) in [6.07, 6.45) is 1.54. The molecule has 0 amide bonds. The van der Waals surface area contributed by atoms with Crippen molar-refractivity contribution < 1.29 is 9.18 Å². The van der Waals surface area contributed by atoms with Crippen LogP contribution in [0.15, 0.2) is 48.5 Å². The molecule has 0 N–H and O–H groups in total. The highest BCUT2D eigenvalue weighted by Gasteiger charge is 2.05. The Balaban J connectivity index is 2.05. The van der Waals surface area contributed by atoms with Gasteiger partial charge in [-0.15, -0.1) is 0 Å². The second-order valence-corrected chi connectivity index (χ2v) is 4.52. The molecule has 0 aliphatic rings. The first-order valence-electron chi connectivity index (χ1n) is 6.20. The van der Waals surface area contributed by atoms with Gasteiger partial charge in [0.05, 0.1) is 0 Å². The quantitative estimate of drug-likeness (QED) is 0.766. The lowest BCUT2D eigenvalue weighted by Crippen LogP contribution is -2.20. The molecule has 0 aromatic heterocycles. The number of carbonyl (C=O) groups excluding carboxylic acids is 1. The zero-order chi connectivity index (χ0) is 13.7. The van der Waals surface area contributed by atoms with Gasteiger partial charge in [0, 0.05) is 24.8 Å². The smallest absolute Gasteiger partial charge is 0.150 e. The molecule has 0 radical (unpaired) electrons. The Morgan fingerprint density at radius 1 is 1.16 bits per heavy atom. The highest BCUT2D eigenvalue weighted by molar-refractivity contribution is 5.77. The van der Waals surface area contributed by atoms with Gasteiger partial charge in [0.1, 0.15) is 12.1 Å². The first kappa shape index (κ1) is 13.3. The van der Waals surface area contributed by atoms with Crippen molar-refractivity contribution in [3.05, 3.63) is 65.5 Å². The fourth-order valence-electron chi connectivity index (χ4n) is 1.96. The first-order valence-corrected chi connectivity index (χ1v) is 6.20. The van der Waals surface area contributed by atoms with Crippen LogP contribution in [0.4, 0.5) is 10.1 Å². The number of aldehydes is 1. The lowest BCUT2D eigenvalue weighted by atomic mass is 10.1. The molecule has 0 bridgehead atoms. The molecule has 0 spiro atoms. The number of likely N-dealkylation sites (N-methyl/N-ethyl adjacent to an activating group) is 1. The molecular formula is C16H16FNO. The molecule has 2 aromatic rings. The number of anilines is 1. The van der Waals surface area contributed by atoms with Gasteiger partial charge in [-0.1, -0.05) is 30.3 Å². The predicted octanol–water partition coefficient (Wildman–Crippen LogP) is 3.32. The Bertz CT molecular complexity index is 554. The number of rotatable bonds is 5. The SMILES string of the molecule is CN(CCc1ccccc1)c1cc(F)cc(C=O)c1. The maximum absolute atomic E-state index is 13.4. The van der Waals surface area contributed by atoms with E-state index in [2.05, 4.69) is 12.1 Å². The number of halogens is 1. The minimum atomic E-state index is -0.383. The van der Waals surface area contributed by atoms with Crippen molar-refractivity contribution in [1.82, 2.24) is 0 Å². The van der Waals surface area contributed by atoms with Gasteiger partial charge >= 0.3 is 0 Å². The standard InChI is InChI=1S/C16H16FNO/c1-18(8-7-13-5-3-2-4-6-13)16-10-14(12-19)9-15(17)11-16/h2-6,9-12H,7-8H2,1H3. The van der Waals surface area contributed by atoms with Crippen molar-refractivity contribution in [2.24, 2.45) is 0 Å². The van der Waals surface area contributed by atoms with Crippen molar-refractivity contribution in [2.75, 3.05) is 18.5 Å². The Morgan fingerprint density at radius 2 is 1.89 bits per heavy atom. The van der Waals surface area contributed by atoms with Crippen molar-refractivity contribution >= 4 is 12.0 Å². The molecule has 0 saturated carbocycles. The molecular weight excluding hydrogens is 241 g/mol. The van der Waals surface area contributed by atoms with Crippen LogP contribution in [0.5, 0.6) is 0 Å². The van der Waals surface area contributed by atoms with E-state index in [0.717, 1.165) is 18.7 Å². The van der Waals surface area contributed by atoms with E-state index >= 15 is 0 Å². The normalized spacial score (nSPS) is 10.2. The van der Waals surface area contributed by atoms with Gasteiger partial charge in [-0.25, -0.2) is 4.39 Å². The van der Waals surface area contributed by atoms with Crippen LogP contribution in [0.25, 0.3) is 0 Å². The van der Waals surface area contributed by atoms with E-state index in [1.807, 2.05) is 30.1 Å². The molecule has 0 saturated heterocycles. The van der Waals surface area contributed by atoms with Crippen LogP contribution in [0.3, 0.4) is 0 Å². The van der Waals surface area contributed by atoms with Crippen LogP contribution in [-0.2, 0) is 6.42 Å². The average molecular weight is 257 g/mol. The number of carbonyl (C=O) groups is 1. The largest absolute Gasteiger partial charge is 0.374 e. The number of benzene rings is 2. The van der Waals surface area contributed by atoms with Gasteiger partial charge in [0.15, 0.2) is 0 Å². The van der Waals surface area contributed by atoms with E-state index in [1.54, 1.807) is 6.07 Å². The summed E-state index contributed by atoms with van der Waals surface area (Å²) in [4.78, 5) is 12.7. The molecule has 2 aromatic carbocycles. The fourth-order valence-corrected chi connectivity index (χ4v) is 1.96. The highest BCUT2D eigenvalue weighted by atomic mass is 19.1. The zero-order valence-corrected chi connectivity index (χ0v) is 10.8. The van der Waals surface area contributed by atoms with E-state index in [1.165, 1.54) is 17.7 Å². The monoisotopic (exact) mass is 257 g/mol. The summed E-state index contributed by atoms with van der Waals surface area (Å²) in [5, 5.41) is 0. The molecule has 3 heteroatoms. The van der Waals surface area contributed by atoms with Gasteiger partial charge < -0.3 is 4.90 Å². The topological polar surface area (TPSA) is 20.3 Å². The van der Waals surface area contributed by atoms with E-state index < -0.39 is 0 Å². The highest BCUT2D eigenvalue weighted by Crippen LogP contribution is 2.17. The molecule has 0 atom stereocenters. The van der Waals surface area contributed by atoms with Crippen LogP contribution < -0.4 is 4.90 Å². The Labute approximate surface area is 112 Å². The number of hydrogen-bond donors (Lipinski definition) is 0. The maximum atomic E-state index is 13.4. The van der Waals surface area contributed by atoms with Gasteiger partial charge in [0.2, 0.25) is 0 Å². The molecule has 0 unspecified atom stereocenters. The average Bonchev–Trinajstić information content (AvgIpc) is 2.45. The third-order valence-corrected chi connectivity index (χ3v) is 3.06. The lowest BCUT2D eigenvalue weighted by molar-refractivity contribution is 0.112. The Morgan fingerprint density at radius 3 is 2.58 bits per heavy atom. The molecule has 0 aliphatic carbocycles. The summed E-state index contributed by atoms with van der Waals surface area (Å²) in [5.41, 5.74) is 2.32. The molecule has 0 aliphatic heterocycles. The molecule has 2 nitrogen and oxygen atoms in total. The number of nitrogens with zero attached hydrogens (tertiary/aromatic N) is 1. The first-order chi connectivity index (χ1) is 9.19. The summed E-state index contributed by atoms with van der Waals surface area (Å²) in [5.74, 6) is -0.383. The minimum Gasteiger partial charge on any atom is -0.374 e. The summed E-state index contributed by atoms with van der Waals surface area (Å²) in [7, 11) is 1.90. The second-order valence-electron chi connectivity index (χ2n) is 4.52. The van der Waals surface area contributed by atoms with E-state index in [9.17, 15) is 9.18 Å². The van der Waals surface area contributed by atoms with Crippen molar-refractivity contribution in [3.8, 4) is 0 Å². The molecule has 0 fully saturated rings. The van der Waals surface area contributed by atoms with Crippen molar-refractivity contribution in [3.63, 3.8) is 0 Å². The predicted molar refractivity (Wildman–Crippen MR) is 75.2 cm³/mol. The zero-order valence-electron chi connectivity index (χ0n) is 10.8. The van der Waals surface area contributed by atoms with Crippen LogP contribution in [0, 0.1) is 5.82 Å². The lowest BCUT2D eigenvalue weighted by Gasteiger charge is -2.19. The Hall–Kier alpha value is -2.16. The summed E-state index contributed by atoms with van der Waals surface area (Å²) >= 11 is 0. The third-order valence-electron chi connectivity index (χ3n) is 3.06. The molecule has 98 valence electrons. The Kier molecular flexibility index (Phi) is 4.29. The summed E-state index contributed by atoms with van der Waals surface area (Å²) < 4.78 is 13.4. The fraction of sp³-hybridized carbons (Fsp3) is 0.188. The molecule has 2 rings (SSSR count). The van der Waals surface area contributed by atoms with Gasteiger partial charge in [-0.05, 0) is 30.2 Å². The van der Waals surface area contributed by atoms with E-state index in [-0.39, 0.29) is 5.82 Å². The van der Waals surface area contributed by atoms with Crippen LogP contribution >= 0.6 is 0 Å². The summed E-state index contributed by atoms with van der Waals surface area (Å²) in [6, 6.07) is 14.5. The van der Waals surface area contributed by atoms with Gasteiger partial charge in [-0.3, -0.25) is 4.79 Å². The second kappa shape index (κ2) is 6.14. The molecule has 0 heterocycles. The van der Waals surface area contributed by atoms with Crippen LogP contribution in [0.2, 0.25) is 0 Å². The van der Waals surface area contributed by atoms with Crippen LogP contribution in [-0.4, -0.2) is 19.9 Å². The van der Waals surface area contributed by atoms with E-state index in [0.29, 0.717) is 11.8 Å². The van der Waals surface area contributed by atoms with Crippen molar-refractivity contribution in [1.29, 1.82) is 0 Å². The third kappa shape index (κ3) is 3.65. The van der Waals surface area contributed by atoms with E-state index in [4.69, 9.17) is 0 Å². The van der Waals surface area contributed by atoms with Crippen molar-refractivity contribution in [2.45, 2.75) is 6.42 Å². The van der Waals surface area contributed by atoms with Gasteiger partial charge in [0.25, 0.3) is 0 Å². The molecule has 19 heavy (non-hydrogen) atoms. The maximum Gasteiger partial charge on any atom is 0.150 e. The summed E-state index contributed by atoms with van der Waals surface area (Å²) in [6.45, 7) is 0.770. The van der Waals surface area contributed by atoms with Gasteiger partial charge in [-0.2, -0.15) is 0 Å². The number of hydrogen-bond acceptors (Lipinski definition) is 2.